The van der Waals surface area contributed by atoms with E-state index < -0.39 is 32.5 Å². The lowest BCUT2D eigenvalue weighted by Crippen LogP contribution is -2.25. The summed E-state index contributed by atoms with van der Waals surface area (Å²) < 4.78 is 60.9. The van der Waals surface area contributed by atoms with Gasteiger partial charge in [0.05, 0.1) is 11.3 Å². The molecule has 0 aliphatic carbocycles. The molecule has 3 aromatic rings. The highest BCUT2D eigenvalue weighted by molar-refractivity contribution is 7.92. The number of hydrogen-bond donors (Lipinski definition) is 1. The molecular weight excluding hydrogens is 414 g/mol. The molecular formula is C21H16F2N2O4S. The number of carbonyl (C=O) groups excluding carboxylic acids is 1. The first kappa shape index (κ1) is 19.8. The van der Waals surface area contributed by atoms with E-state index in [0.29, 0.717) is 11.4 Å². The van der Waals surface area contributed by atoms with Crippen molar-refractivity contribution in [1.82, 2.24) is 0 Å². The average Bonchev–Trinajstić information content (AvgIpc) is 2.77. The highest BCUT2D eigenvalue weighted by Gasteiger charge is 2.28. The molecule has 1 N–H and O–H groups in total. The fourth-order valence-corrected chi connectivity index (χ4v) is 4.37. The van der Waals surface area contributed by atoms with Crippen molar-refractivity contribution in [3.63, 3.8) is 0 Å². The number of nitrogens with zero attached hydrogens (tertiary/aromatic N) is 1. The molecule has 0 radical (unpaired) electrons. The van der Waals surface area contributed by atoms with Crippen LogP contribution in [0.1, 0.15) is 15.9 Å². The van der Waals surface area contributed by atoms with Crippen molar-refractivity contribution in [2.75, 3.05) is 16.7 Å². The smallest absolute Gasteiger partial charge is 0.267 e. The molecule has 0 saturated heterocycles. The number of anilines is 2. The molecule has 0 aromatic heterocycles. The molecule has 9 heteroatoms. The maximum absolute atomic E-state index is 13.9. The fourth-order valence-electron chi connectivity index (χ4n) is 3.18. The lowest BCUT2D eigenvalue weighted by Gasteiger charge is -2.17. The SMILES string of the molecule is Cc1ccc2c(c1)N(C)C(=O)c1cc(NS(=O)(=O)c3c(F)cccc3F)ccc1O2. The first-order chi connectivity index (χ1) is 14.2. The van der Waals surface area contributed by atoms with Crippen molar-refractivity contribution in [1.29, 1.82) is 0 Å². The minimum atomic E-state index is -4.57. The molecule has 154 valence electrons. The number of benzene rings is 3. The van der Waals surface area contributed by atoms with E-state index in [1.165, 1.54) is 23.1 Å². The minimum absolute atomic E-state index is 0.0381. The van der Waals surface area contributed by atoms with E-state index in [2.05, 4.69) is 4.72 Å². The van der Waals surface area contributed by atoms with Gasteiger partial charge in [0.2, 0.25) is 0 Å². The van der Waals surface area contributed by atoms with Gasteiger partial charge in [0.1, 0.15) is 17.4 Å². The van der Waals surface area contributed by atoms with E-state index in [1.54, 1.807) is 19.2 Å². The summed E-state index contributed by atoms with van der Waals surface area (Å²) in [5.74, 6) is -2.16. The lowest BCUT2D eigenvalue weighted by molar-refractivity contribution is 0.0993. The van der Waals surface area contributed by atoms with Gasteiger partial charge in [0, 0.05) is 12.7 Å². The van der Waals surface area contributed by atoms with Gasteiger partial charge in [-0.25, -0.2) is 17.2 Å². The molecule has 1 aliphatic rings. The fraction of sp³-hybridized carbons (Fsp3) is 0.0952. The summed E-state index contributed by atoms with van der Waals surface area (Å²) in [6.45, 7) is 1.88. The lowest BCUT2D eigenvalue weighted by atomic mass is 10.1. The predicted octanol–water partition coefficient (Wildman–Crippen LogP) is 4.46. The van der Waals surface area contributed by atoms with Crippen LogP contribution in [0.25, 0.3) is 0 Å². The second kappa shape index (κ2) is 7.10. The van der Waals surface area contributed by atoms with Gasteiger partial charge < -0.3 is 9.64 Å². The Balaban J connectivity index is 1.74. The third kappa shape index (κ3) is 3.37. The number of hydrogen-bond acceptors (Lipinski definition) is 4. The topological polar surface area (TPSA) is 75.7 Å². The first-order valence-electron chi connectivity index (χ1n) is 8.85. The number of aryl methyl sites for hydroxylation is 1. The molecule has 30 heavy (non-hydrogen) atoms. The monoisotopic (exact) mass is 430 g/mol. The second-order valence-electron chi connectivity index (χ2n) is 6.80. The zero-order chi connectivity index (χ0) is 21.6. The zero-order valence-corrected chi connectivity index (χ0v) is 16.8. The third-order valence-corrected chi connectivity index (χ3v) is 6.08. The minimum Gasteiger partial charge on any atom is -0.454 e. The average molecular weight is 430 g/mol. The quantitative estimate of drug-likeness (QED) is 0.666. The Bertz CT molecular complexity index is 1270. The zero-order valence-electron chi connectivity index (χ0n) is 15.9. The third-order valence-electron chi connectivity index (χ3n) is 4.65. The summed E-state index contributed by atoms with van der Waals surface area (Å²) in [6, 6.07) is 12.2. The van der Waals surface area contributed by atoms with Crippen molar-refractivity contribution in [3.05, 3.63) is 77.4 Å². The van der Waals surface area contributed by atoms with E-state index in [4.69, 9.17) is 4.74 Å². The highest BCUT2D eigenvalue weighted by atomic mass is 32.2. The van der Waals surface area contributed by atoms with E-state index >= 15 is 0 Å². The number of halogens is 2. The van der Waals surface area contributed by atoms with Gasteiger partial charge in [0.15, 0.2) is 10.6 Å². The molecule has 0 unspecified atom stereocenters. The number of sulfonamides is 1. The first-order valence-corrected chi connectivity index (χ1v) is 10.3. The Morgan fingerprint density at radius 3 is 2.33 bits per heavy atom. The Labute approximate surface area is 171 Å². The molecule has 1 heterocycles. The van der Waals surface area contributed by atoms with Crippen molar-refractivity contribution >= 4 is 27.3 Å². The summed E-state index contributed by atoms with van der Waals surface area (Å²) in [7, 11) is -2.99. The van der Waals surface area contributed by atoms with Gasteiger partial charge in [0.25, 0.3) is 15.9 Å². The van der Waals surface area contributed by atoms with E-state index in [1.807, 2.05) is 13.0 Å². The molecule has 0 spiro atoms. The summed E-state index contributed by atoms with van der Waals surface area (Å²) in [5.41, 5.74) is 1.56. The van der Waals surface area contributed by atoms with Crippen molar-refractivity contribution < 1.29 is 26.7 Å². The van der Waals surface area contributed by atoms with Crippen LogP contribution in [0.15, 0.2) is 59.5 Å². The van der Waals surface area contributed by atoms with Crippen molar-refractivity contribution in [2.24, 2.45) is 0 Å². The molecule has 6 nitrogen and oxygen atoms in total. The van der Waals surface area contributed by atoms with Gasteiger partial charge in [-0.05, 0) is 55.0 Å². The maximum atomic E-state index is 13.9. The Hall–Kier alpha value is -3.46. The van der Waals surface area contributed by atoms with Crippen LogP contribution in [-0.2, 0) is 10.0 Å². The normalized spacial score (nSPS) is 13.2. The van der Waals surface area contributed by atoms with E-state index in [-0.39, 0.29) is 17.0 Å². The van der Waals surface area contributed by atoms with Crippen LogP contribution >= 0.6 is 0 Å². The number of fused-ring (bicyclic) bond motifs is 2. The number of nitrogens with one attached hydrogen (secondary N) is 1. The maximum Gasteiger partial charge on any atom is 0.267 e. The Morgan fingerprint density at radius 1 is 0.967 bits per heavy atom. The van der Waals surface area contributed by atoms with Gasteiger partial charge in [-0.3, -0.25) is 9.52 Å². The van der Waals surface area contributed by atoms with Crippen molar-refractivity contribution in [2.45, 2.75) is 11.8 Å². The summed E-state index contributed by atoms with van der Waals surface area (Å²) in [4.78, 5) is 13.3. The molecule has 3 aromatic carbocycles. The molecule has 0 saturated carbocycles. The molecule has 0 bridgehead atoms. The summed E-state index contributed by atoms with van der Waals surface area (Å²) in [6.07, 6.45) is 0. The van der Waals surface area contributed by atoms with Crippen LogP contribution in [0, 0.1) is 18.6 Å². The Morgan fingerprint density at radius 2 is 1.63 bits per heavy atom. The molecule has 0 atom stereocenters. The molecule has 1 aliphatic heterocycles. The summed E-state index contributed by atoms with van der Waals surface area (Å²) in [5, 5.41) is 0. The van der Waals surface area contributed by atoms with Gasteiger partial charge >= 0.3 is 0 Å². The number of rotatable bonds is 3. The number of carbonyl (C=O) groups is 1. The molecule has 0 fully saturated rings. The van der Waals surface area contributed by atoms with Crippen LogP contribution in [-0.4, -0.2) is 21.4 Å². The van der Waals surface area contributed by atoms with Crippen molar-refractivity contribution in [3.8, 4) is 11.5 Å². The number of ether oxygens (including phenoxy) is 1. The van der Waals surface area contributed by atoms with E-state index in [9.17, 15) is 22.0 Å². The van der Waals surface area contributed by atoms with Gasteiger partial charge in [-0.15, -0.1) is 0 Å². The van der Waals surface area contributed by atoms with E-state index in [0.717, 1.165) is 23.8 Å². The molecule has 4 rings (SSSR count). The second-order valence-corrected chi connectivity index (χ2v) is 8.42. The standard InChI is InChI=1S/C21H16F2N2O4S/c1-12-6-8-19-17(10-12)25(2)21(26)14-11-13(7-9-18(14)29-19)24-30(27,28)20-15(22)4-3-5-16(20)23/h3-11,24H,1-2H3. The van der Waals surface area contributed by atoms with Crippen LogP contribution in [0.2, 0.25) is 0 Å². The van der Waals surface area contributed by atoms with Gasteiger partial charge in [-0.1, -0.05) is 12.1 Å². The molecule has 1 amide bonds. The van der Waals surface area contributed by atoms with Crippen LogP contribution in [0.3, 0.4) is 0 Å². The predicted molar refractivity (Wildman–Crippen MR) is 108 cm³/mol. The van der Waals surface area contributed by atoms with Crippen LogP contribution < -0.4 is 14.4 Å². The van der Waals surface area contributed by atoms with Crippen LogP contribution in [0.4, 0.5) is 20.2 Å². The number of amides is 1. The Kier molecular flexibility index (Phi) is 4.70. The summed E-state index contributed by atoms with van der Waals surface area (Å²) >= 11 is 0. The van der Waals surface area contributed by atoms with Crippen LogP contribution in [0.5, 0.6) is 11.5 Å². The van der Waals surface area contributed by atoms with Gasteiger partial charge in [-0.2, -0.15) is 0 Å². The largest absolute Gasteiger partial charge is 0.454 e. The highest BCUT2D eigenvalue weighted by Crippen LogP contribution is 2.39.